The molecule has 1 aromatic carbocycles. The SMILES string of the molecule is CC(=O)Oc1ccc(/C=N/NC(=O)c2ccncc2)cc1.O. The lowest BCUT2D eigenvalue weighted by molar-refractivity contribution is -0.131. The van der Waals surface area contributed by atoms with Gasteiger partial charge in [-0.05, 0) is 42.0 Å². The normalized spacial score (nSPS) is 9.86. The second kappa shape index (κ2) is 8.28. The fourth-order valence-corrected chi connectivity index (χ4v) is 1.52. The van der Waals surface area contributed by atoms with E-state index < -0.39 is 0 Å². The average molecular weight is 301 g/mol. The molecule has 0 saturated heterocycles. The van der Waals surface area contributed by atoms with E-state index in [0.717, 1.165) is 5.56 Å². The van der Waals surface area contributed by atoms with E-state index >= 15 is 0 Å². The van der Waals surface area contributed by atoms with E-state index in [1.54, 1.807) is 36.4 Å². The van der Waals surface area contributed by atoms with Crippen molar-refractivity contribution in [3.05, 3.63) is 59.9 Å². The van der Waals surface area contributed by atoms with Crippen molar-refractivity contribution in [3.8, 4) is 5.75 Å². The summed E-state index contributed by atoms with van der Waals surface area (Å²) >= 11 is 0. The highest BCUT2D eigenvalue weighted by Gasteiger charge is 2.02. The van der Waals surface area contributed by atoms with Gasteiger partial charge in [0.2, 0.25) is 0 Å². The van der Waals surface area contributed by atoms with E-state index in [1.807, 2.05) is 0 Å². The van der Waals surface area contributed by atoms with Crippen LogP contribution in [0.15, 0.2) is 53.9 Å². The molecule has 7 nitrogen and oxygen atoms in total. The summed E-state index contributed by atoms with van der Waals surface area (Å²) in [4.78, 5) is 26.3. The van der Waals surface area contributed by atoms with Gasteiger partial charge in [-0.25, -0.2) is 5.43 Å². The first-order chi connectivity index (χ1) is 10.1. The summed E-state index contributed by atoms with van der Waals surface area (Å²) in [5.74, 6) is -0.230. The highest BCUT2D eigenvalue weighted by Crippen LogP contribution is 2.11. The lowest BCUT2D eigenvalue weighted by Gasteiger charge is -2.01. The second-order valence-electron chi connectivity index (χ2n) is 4.10. The number of benzene rings is 1. The van der Waals surface area contributed by atoms with E-state index in [2.05, 4.69) is 15.5 Å². The Morgan fingerprint density at radius 1 is 1.14 bits per heavy atom. The van der Waals surface area contributed by atoms with E-state index in [4.69, 9.17) is 4.74 Å². The number of nitrogens with zero attached hydrogens (tertiary/aromatic N) is 2. The summed E-state index contributed by atoms with van der Waals surface area (Å²) in [5, 5.41) is 3.86. The molecule has 0 spiro atoms. The molecule has 1 heterocycles. The van der Waals surface area contributed by atoms with Gasteiger partial charge in [0.25, 0.3) is 5.91 Å². The third-order valence-electron chi connectivity index (χ3n) is 2.46. The molecular formula is C15H15N3O4. The van der Waals surface area contributed by atoms with Crippen molar-refractivity contribution in [3.63, 3.8) is 0 Å². The van der Waals surface area contributed by atoms with Gasteiger partial charge in [0.15, 0.2) is 0 Å². The number of nitrogens with one attached hydrogen (secondary N) is 1. The van der Waals surface area contributed by atoms with E-state index in [0.29, 0.717) is 11.3 Å². The van der Waals surface area contributed by atoms with Gasteiger partial charge >= 0.3 is 5.97 Å². The maximum Gasteiger partial charge on any atom is 0.308 e. The lowest BCUT2D eigenvalue weighted by Crippen LogP contribution is -2.17. The van der Waals surface area contributed by atoms with Gasteiger partial charge in [0.05, 0.1) is 6.21 Å². The number of hydrogen-bond acceptors (Lipinski definition) is 5. The maximum atomic E-state index is 11.7. The number of esters is 1. The van der Waals surface area contributed by atoms with Gasteiger partial charge in [-0.15, -0.1) is 0 Å². The number of carbonyl (C=O) groups excluding carboxylic acids is 2. The van der Waals surface area contributed by atoms with Crippen LogP contribution in [0.1, 0.15) is 22.8 Å². The van der Waals surface area contributed by atoms with E-state index in [-0.39, 0.29) is 17.4 Å². The number of pyridine rings is 1. The first-order valence-corrected chi connectivity index (χ1v) is 6.17. The second-order valence-corrected chi connectivity index (χ2v) is 4.10. The number of hydrazone groups is 1. The maximum absolute atomic E-state index is 11.7. The van der Waals surface area contributed by atoms with Crippen LogP contribution in [-0.4, -0.2) is 28.6 Å². The van der Waals surface area contributed by atoms with E-state index in [9.17, 15) is 9.59 Å². The van der Waals surface area contributed by atoms with Gasteiger partial charge in [0.1, 0.15) is 5.75 Å². The summed E-state index contributed by atoms with van der Waals surface area (Å²) in [7, 11) is 0. The first-order valence-electron chi connectivity index (χ1n) is 6.17. The molecule has 7 heteroatoms. The summed E-state index contributed by atoms with van der Waals surface area (Å²) in [5.41, 5.74) is 3.66. The molecule has 0 aliphatic carbocycles. The molecule has 0 radical (unpaired) electrons. The zero-order chi connectivity index (χ0) is 15.1. The third-order valence-corrected chi connectivity index (χ3v) is 2.46. The molecule has 22 heavy (non-hydrogen) atoms. The molecule has 3 N–H and O–H groups in total. The van der Waals surface area contributed by atoms with Crippen molar-refractivity contribution in [2.45, 2.75) is 6.92 Å². The van der Waals surface area contributed by atoms with Crippen LogP contribution in [0.25, 0.3) is 0 Å². The summed E-state index contributed by atoms with van der Waals surface area (Å²) in [6.07, 6.45) is 4.56. The zero-order valence-corrected chi connectivity index (χ0v) is 11.8. The lowest BCUT2D eigenvalue weighted by atomic mass is 10.2. The number of carbonyl (C=O) groups is 2. The minimum Gasteiger partial charge on any atom is -0.427 e. The Labute approximate surface area is 127 Å². The minimum atomic E-state index is -0.374. The number of hydrogen-bond donors (Lipinski definition) is 1. The predicted octanol–water partition coefficient (Wildman–Crippen LogP) is 0.946. The number of rotatable bonds is 4. The average Bonchev–Trinajstić information content (AvgIpc) is 2.49. The van der Waals surface area contributed by atoms with Crippen molar-refractivity contribution < 1.29 is 19.8 Å². The summed E-state index contributed by atoms with van der Waals surface area (Å²) < 4.78 is 4.91. The molecule has 0 saturated carbocycles. The van der Waals surface area contributed by atoms with Gasteiger partial charge < -0.3 is 10.2 Å². The van der Waals surface area contributed by atoms with Crippen LogP contribution in [0, 0.1) is 0 Å². The molecule has 0 bridgehead atoms. The Morgan fingerprint density at radius 3 is 2.36 bits per heavy atom. The Bertz CT molecular complexity index is 654. The van der Waals surface area contributed by atoms with Gasteiger partial charge in [0, 0.05) is 24.9 Å². The van der Waals surface area contributed by atoms with Crippen LogP contribution >= 0.6 is 0 Å². The molecule has 0 unspecified atom stereocenters. The van der Waals surface area contributed by atoms with Crippen molar-refractivity contribution in [1.29, 1.82) is 0 Å². The highest BCUT2D eigenvalue weighted by molar-refractivity contribution is 5.94. The van der Waals surface area contributed by atoms with Crippen molar-refractivity contribution in [2.24, 2.45) is 5.10 Å². The molecule has 2 aromatic rings. The number of amides is 1. The van der Waals surface area contributed by atoms with Crippen LogP contribution in [0.5, 0.6) is 5.75 Å². The smallest absolute Gasteiger partial charge is 0.308 e. The van der Waals surface area contributed by atoms with Crippen molar-refractivity contribution >= 4 is 18.1 Å². The quantitative estimate of drug-likeness (QED) is 0.392. The van der Waals surface area contributed by atoms with Crippen LogP contribution in [0.2, 0.25) is 0 Å². The van der Waals surface area contributed by atoms with Crippen LogP contribution in [-0.2, 0) is 4.79 Å². The Balaban J connectivity index is 0.00000242. The Hall–Kier alpha value is -3.06. The fraction of sp³-hybridized carbons (Fsp3) is 0.0667. The summed E-state index contributed by atoms with van der Waals surface area (Å²) in [6, 6.07) is 9.93. The molecule has 0 aliphatic rings. The Kier molecular flexibility index (Phi) is 6.39. The van der Waals surface area contributed by atoms with Crippen LogP contribution in [0.4, 0.5) is 0 Å². The van der Waals surface area contributed by atoms with Crippen molar-refractivity contribution in [1.82, 2.24) is 10.4 Å². The minimum absolute atomic E-state index is 0. The van der Waals surface area contributed by atoms with Crippen LogP contribution < -0.4 is 10.2 Å². The molecule has 1 amide bonds. The van der Waals surface area contributed by atoms with Crippen LogP contribution in [0.3, 0.4) is 0 Å². The predicted molar refractivity (Wildman–Crippen MR) is 80.7 cm³/mol. The van der Waals surface area contributed by atoms with E-state index in [1.165, 1.54) is 25.5 Å². The summed E-state index contributed by atoms with van der Waals surface area (Å²) in [6.45, 7) is 1.34. The largest absolute Gasteiger partial charge is 0.427 e. The molecule has 114 valence electrons. The van der Waals surface area contributed by atoms with Gasteiger partial charge in [-0.1, -0.05) is 0 Å². The number of aromatic nitrogens is 1. The fourth-order valence-electron chi connectivity index (χ4n) is 1.52. The molecule has 1 aromatic heterocycles. The highest BCUT2D eigenvalue weighted by atomic mass is 16.5. The van der Waals surface area contributed by atoms with Gasteiger partial charge in [-0.2, -0.15) is 5.10 Å². The number of ether oxygens (including phenoxy) is 1. The molecule has 2 rings (SSSR count). The van der Waals surface area contributed by atoms with Crippen molar-refractivity contribution in [2.75, 3.05) is 0 Å². The standard InChI is InChI=1S/C15H13N3O3.H2O/c1-11(19)21-14-4-2-12(3-5-14)10-17-18-15(20)13-6-8-16-9-7-13;/h2-10H,1H3,(H,18,20);1H2/b17-10+;. The Morgan fingerprint density at radius 2 is 1.77 bits per heavy atom. The van der Waals surface area contributed by atoms with Gasteiger partial charge in [-0.3, -0.25) is 14.6 Å². The molecule has 0 fully saturated rings. The molecule has 0 aliphatic heterocycles. The topological polar surface area (TPSA) is 112 Å². The molecular weight excluding hydrogens is 286 g/mol. The third kappa shape index (κ3) is 5.14. The monoisotopic (exact) mass is 301 g/mol. The molecule has 0 atom stereocenters. The first kappa shape index (κ1) is 17.0. The zero-order valence-electron chi connectivity index (χ0n) is 11.8.